The van der Waals surface area contributed by atoms with Crippen LogP contribution in [0.3, 0.4) is 0 Å². The Morgan fingerprint density at radius 3 is 1.12 bits per heavy atom. The van der Waals surface area contributed by atoms with E-state index in [4.69, 9.17) is 13.0 Å². The molecule has 0 saturated heterocycles. The minimum absolute atomic E-state index is 0.0287. The van der Waals surface area contributed by atoms with Crippen LogP contribution in [0.4, 0.5) is 13.2 Å². The van der Waals surface area contributed by atoms with Crippen molar-refractivity contribution in [2.75, 3.05) is 0 Å². The normalized spacial score (nSPS) is 10.9. The molecule has 34 heavy (non-hydrogen) atoms. The summed E-state index contributed by atoms with van der Waals surface area (Å²) in [5.74, 6) is 0. The van der Waals surface area contributed by atoms with Crippen molar-refractivity contribution in [1.82, 2.24) is 0 Å². The fourth-order valence-electron chi connectivity index (χ4n) is 2.16. The van der Waals surface area contributed by atoms with E-state index in [1.807, 2.05) is 0 Å². The first kappa shape index (κ1) is 28.3. The number of halogens is 5. The Balaban J connectivity index is 0.000000187. The molecule has 0 saturated carbocycles. The van der Waals surface area contributed by atoms with Gasteiger partial charge in [0.15, 0.2) is 17.3 Å². The zero-order valence-electron chi connectivity index (χ0n) is 17.6. The summed E-state index contributed by atoms with van der Waals surface area (Å²) < 4.78 is 64.8. The van der Waals surface area contributed by atoms with Crippen LogP contribution in [0, 0.1) is 14.3 Å². The minimum atomic E-state index is -6.09. The van der Waals surface area contributed by atoms with E-state index >= 15 is 0 Å². The van der Waals surface area contributed by atoms with E-state index in [0.717, 1.165) is 0 Å². The number of alkyl halides is 3. The van der Waals surface area contributed by atoms with Crippen molar-refractivity contribution < 1.29 is 68.6 Å². The second-order valence-corrected chi connectivity index (χ2v) is 13.7. The van der Waals surface area contributed by atoms with Gasteiger partial charge in [0.05, 0.1) is 0 Å². The summed E-state index contributed by atoms with van der Waals surface area (Å²) in [6.07, 6.45) is 0. The van der Waals surface area contributed by atoms with Crippen LogP contribution in [-0.2, 0) is 10.1 Å². The van der Waals surface area contributed by atoms with Gasteiger partial charge in [0.2, 0.25) is 0 Å². The molecule has 9 heteroatoms. The molecule has 0 amide bonds. The van der Waals surface area contributed by atoms with Gasteiger partial charge in [0.1, 0.15) is 0 Å². The predicted molar refractivity (Wildman–Crippen MR) is 116 cm³/mol. The summed E-state index contributed by atoms with van der Waals surface area (Å²) in [4.78, 5) is 0. The Hall–Kier alpha value is -1.96. The van der Waals surface area contributed by atoms with Gasteiger partial charge in [-0.15, -0.1) is 0 Å². The first-order valence-electron chi connectivity index (χ1n) is 9.67. The molecule has 0 aromatic heterocycles. The second kappa shape index (κ2) is 14.4. The third kappa shape index (κ3) is 11.4. The summed E-state index contributed by atoms with van der Waals surface area (Å²) in [7, 11) is -6.09. The van der Waals surface area contributed by atoms with Crippen LogP contribution < -0.4 is 42.4 Å². The molecule has 0 fully saturated rings. The Kier molecular flexibility index (Phi) is 12.0. The zero-order valence-corrected chi connectivity index (χ0v) is 22.7. The molecule has 0 bridgehead atoms. The van der Waals surface area contributed by atoms with Gasteiger partial charge in [0.25, 0.3) is 0 Å². The van der Waals surface area contributed by atoms with Gasteiger partial charge < -0.3 is 4.55 Å². The molecule has 3 nitrogen and oxygen atoms in total. The molecule has 0 heterocycles. The fraction of sp³-hybridized carbons (Fsp3) is 0.0400. The van der Waals surface area contributed by atoms with E-state index in [0.29, 0.717) is 0 Å². The van der Waals surface area contributed by atoms with Gasteiger partial charge in [-0.2, -0.15) is 13.2 Å². The predicted octanol–water partition coefficient (Wildman–Crippen LogP) is -0.319. The van der Waals surface area contributed by atoms with Gasteiger partial charge in [0, 0.05) is 0 Å². The van der Waals surface area contributed by atoms with E-state index in [9.17, 15) is 13.2 Å². The molecule has 0 aliphatic carbocycles. The van der Waals surface area contributed by atoms with E-state index < -0.39 is 15.6 Å². The SMILES string of the molecule is O=S(=O)([O-])C(F)(F)F.c1ccc([I+]c2ccccc2)cc1.c1ccc([I-]c2ccccc2)cc1. The van der Waals surface area contributed by atoms with Crippen molar-refractivity contribution in [3.63, 3.8) is 0 Å². The van der Waals surface area contributed by atoms with E-state index in [1.54, 1.807) is 0 Å². The molecule has 0 spiro atoms. The van der Waals surface area contributed by atoms with Gasteiger partial charge >= 0.3 is 116 Å². The molecule has 4 rings (SSSR count). The molecule has 4 aromatic rings. The summed E-state index contributed by atoms with van der Waals surface area (Å²) in [5, 5.41) is 0. The molecule has 0 N–H and O–H groups in total. The quantitative estimate of drug-likeness (QED) is 0.166. The number of hydrogen-bond acceptors (Lipinski definition) is 3. The molecular formula is C25H20F3I2O3S-. The average molecular weight is 711 g/mol. The molecule has 4 aromatic carbocycles. The van der Waals surface area contributed by atoms with Crippen molar-refractivity contribution in [3.05, 3.63) is 136 Å². The topological polar surface area (TPSA) is 57.2 Å². The third-order valence-corrected chi connectivity index (χ3v) is 9.59. The van der Waals surface area contributed by atoms with Crippen molar-refractivity contribution in [3.8, 4) is 0 Å². The van der Waals surface area contributed by atoms with Crippen molar-refractivity contribution >= 4 is 10.1 Å². The van der Waals surface area contributed by atoms with E-state index in [1.165, 1.54) is 14.3 Å². The van der Waals surface area contributed by atoms with Crippen LogP contribution in [0.2, 0.25) is 0 Å². The molecule has 180 valence electrons. The van der Waals surface area contributed by atoms with Crippen LogP contribution in [0.15, 0.2) is 121 Å². The summed E-state index contributed by atoms with van der Waals surface area (Å²) in [6.45, 7) is 0. The number of hydrogen-bond donors (Lipinski definition) is 0. The fourth-order valence-corrected chi connectivity index (χ4v) is 6.70. The van der Waals surface area contributed by atoms with Crippen LogP contribution in [0.1, 0.15) is 0 Å². The molecular weight excluding hydrogens is 691 g/mol. The maximum atomic E-state index is 10.7. The Bertz CT molecular complexity index is 1040. The number of rotatable bonds is 4. The summed E-state index contributed by atoms with van der Waals surface area (Å²) in [5.41, 5.74) is -5.65. The molecule has 0 aliphatic rings. The summed E-state index contributed by atoms with van der Waals surface area (Å²) >= 11 is 0.0574. The van der Waals surface area contributed by atoms with Crippen LogP contribution in [0.25, 0.3) is 0 Å². The zero-order chi connectivity index (χ0) is 24.9. The van der Waals surface area contributed by atoms with Crippen LogP contribution in [0.5, 0.6) is 0 Å². The standard InChI is InChI=1S/2C12H10I.CHF3O3S/c2*1-3-7-11(8-4-1)13-12-9-5-2-6-10-12;2-1(3,4)8(5,6)7/h2*1-10H;(H,5,6,7)/q-1;+1;/p-1. The number of benzene rings is 4. The van der Waals surface area contributed by atoms with Crippen LogP contribution in [-0.4, -0.2) is 18.5 Å². The van der Waals surface area contributed by atoms with Crippen molar-refractivity contribution in [1.29, 1.82) is 0 Å². The second-order valence-electron chi connectivity index (χ2n) is 6.27. The van der Waals surface area contributed by atoms with E-state index in [-0.39, 0.29) is 42.4 Å². The van der Waals surface area contributed by atoms with Crippen molar-refractivity contribution in [2.45, 2.75) is 5.51 Å². The molecule has 0 aliphatic heterocycles. The molecule has 0 radical (unpaired) electrons. The summed E-state index contributed by atoms with van der Waals surface area (Å²) in [6, 6.07) is 42.8. The average Bonchev–Trinajstić information content (AvgIpc) is 2.81. The Labute approximate surface area is 218 Å². The van der Waals surface area contributed by atoms with E-state index in [2.05, 4.69) is 121 Å². The van der Waals surface area contributed by atoms with Crippen molar-refractivity contribution in [2.24, 2.45) is 0 Å². The Morgan fingerprint density at radius 1 is 0.588 bits per heavy atom. The monoisotopic (exact) mass is 711 g/mol. The van der Waals surface area contributed by atoms with Gasteiger partial charge in [-0.1, -0.05) is 36.4 Å². The molecule has 0 atom stereocenters. The van der Waals surface area contributed by atoms with Gasteiger partial charge in [-0.05, 0) is 24.3 Å². The first-order chi connectivity index (χ1) is 16.1. The molecule has 0 unspecified atom stereocenters. The maximum absolute atomic E-state index is 10.7. The third-order valence-electron chi connectivity index (χ3n) is 3.65. The first-order valence-corrected chi connectivity index (χ1v) is 15.4. The van der Waals surface area contributed by atoms with Gasteiger partial charge in [-0.3, -0.25) is 0 Å². The Morgan fingerprint density at radius 2 is 0.853 bits per heavy atom. The van der Waals surface area contributed by atoms with Gasteiger partial charge in [-0.25, -0.2) is 8.42 Å². The van der Waals surface area contributed by atoms with Crippen LogP contribution >= 0.6 is 0 Å².